The van der Waals surface area contributed by atoms with Crippen molar-refractivity contribution in [3.05, 3.63) is 64.4 Å². The Morgan fingerprint density at radius 1 is 1.04 bits per heavy atom. The summed E-state index contributed by atoms with van der Waals surface area (Å²) in [4.78, 5) is 25.8. The van der Waals surface area contributed by atoms with Crippen molar-refractivity contribution in [2.75, 3.05) is 5.32 Å². The molecule has 1 atom stereocenters. The number of hydrogen-bond acceptors (Lipinski definition) is 4. The maximum atomic E-state index is 12.2. The predicted octanol–water partition coefficient (Wildman–Crippen LogP) is 4.39. The lowest BCUT2D eigenvalue weighted by molar-refractivity contribution is -0.123. The lowest BCUT2D eigenvalue weighted by atomic mass is 10.1. The van der Waals surface area contributed by atoms with Gasteiger partial charge in [0.1, 0.15) is 4.88 Å². The van der Waals surface area contributed by atoms with E-state index in [2.05, 4.69) is 5.32 Å². The van der Waals surface area contributed by atoms with Crippen molar-refractivity contribution in [2.24, 2.45) is 0 Å². The zero-order valence-corrected chi connectivity index (χ0v) is 14.2. The molecule has 4 nitrogen and oxygen atoms in total. The normalized spacial score (nSPS) is 11.9. The Balaban J connectivity index is 1.65. The molecule has 3 rings (SSSR count). The van der Waals surface area contributed by atoms with E-state index >= 15 is 0 Å². The van der Waals surface area contributed by atoms with E-state index in [9.17, 15) is 9.59 Å². The molecular weight excluding hydrogens is 322 g/mol. The molecule has 0 fully saturated rings. The van der Waals surface area contributed by atoms with Crippen LogP contribution in [0.25, 0.3) is 10.8 Å². The number of aryl methyl sites for hydroxylation is 1. The Morgan fingerprint density at radius 2 is 1.79 bits per heavy atom. The van der Waals surface area contributed by atoms with Gasteiger partial charge < -0.3 is 10.1 Å². The van der Waals surface area contributed by atoms with Crippen molar-refractivity contribution in [3.8, 4) is 0 Å². The largest absolute Gasteiger partial charge is 0.448 e. The molecule has 0 unspecified atom stereocenters. The topological polar surface area (TPSA) is 55.4 Å². The minimum atomic E-state index is -0.869. The van der Waals surface area contributed by atoms with Gasteiger partial charge in [-0.1, -0.05) is 30.3 Å². The minimum absolute atomic E-state index is 0.355. The molecule has 0 saturated heterocycles. The molecule has 0 radical (unpaired) electrons. The molecule has 0 aliphatic carbocycles. The molecule has 0 aliphatic rings. The number of anilines is 1. The molecule has 2 aromatic carbocycles. The lowest BCUT2D eigenvalue weighted by Crippen LogP contribution is -2.29. The van der Waals surface area contributed by atoms with Crippen LogP contribution >= 0.6 is 11.3 Å². The number of fused-ring (bicyclic) bond motifs is 1. The van der Waals surface area contributed by atoms with Gasteiger partial charge in [0.15, 0.2) is 6.10 Å². The number of ether oxygens (including phenoxy) is 1. The second kappa shape index (κ2) is 6.84. The van der Waals surface area contributed by atoms with E-state index in [0.717, 1.165) is 15.6 Å². The van der Waals surface area contributed by atoms with Gasteiger partial charge >= 0.3 is 5.97 Å². The molecule has 0 saturated carbocycles. The molecular formula is C19H17NO3S. The van der Waals surface area contributed by atoms with Crippen molar-refractivity contribution in [1.29, 1.82) is 0 Å². The third-order valence-corrected chi connectivity index (χ3v) is 4.59. The molecule has 3 aromatic rings. The van der Waals surface area contributed by atoms with Gasteiger partial charge in [0.2, 0.25) is 0 Å². The van der Waals surface area contributed by atoms with Crippen molar-refractivity contribution < 1.29 is 14.3 Å². The molecule has 1 aromatic heterocycles. The number of amides is 1. The van der Waals surface area contributed by atoms with Crippen LogP contribution in [-0.4, -0.2) is 18.0 Å². The third-order valence-electron chi connectivity index (χ3n) is 3.61. The van der Waals surface area contributed by atoms with Crippen LogP contribution < -0.4 is 5.32 Å². The molecule has 1 N–H and O–H groups in total. The fraction of sp³-hybridized carbons (Fsp3) is 0.158. The number of nitrogens with one attached hydrogen (secondary N) is 1. The zero-order valence-electron chi connectivity index (χ0n) is 13.4. The van der Waals surface area contributed by atoms with E-state index in [0.29, 0.717) is 10.6 Å². The first-order valence-electron chi connectivity index (χ1n) is 7.60. The van der Waals surface area contributed by atoms with Crippen LogP contribution in [0.2, 0.25) is 0 Å². The Bertz CT molecular complexity index is 900. The van der Waals surface area contributed by atoms with Crippen molar-refractivity contribution in [3.63, 3.8) is 0 Å². The maximum absolute atomic E-state index is 12.2. The first-order valence-corrected chi connectivity index (χ1v) is 8.41. The minimum Gasteiger partial charge on any atom is -0.448 e. The summed E-state index contributed by atoms with van der Waals surface area (Å²) < 4.78 is 5.23. The van der Waals surface area contributed by atoms with Crippen LogP contribution in [0.1, 0.15) is 21.5 Å². The molecule has 1 amide bonds. The van der Waals surface area contributed by atoms with Gasteiger partial charge in [-0.25, -0.2) is 4.79 Å². The second-order valence-corrected chi connectivity index (χ2v) is 6.80. The summed E-state index contributed by atoms with van der Waals surface area (Å²) in [5.41, 5.74) is 0.675. The zero-order chi connectivity index (χ0) is 17.1. The number of hydrogen-bond donors (Lipinski definition) is 1. The van der Waals surface area contributed by atoms with Crippen LogP contribution in [0.5, 0.6) is 0 Å². The molecule has 0 aliphatic heterocycles. The molecule has 1 heterocycles. The number of benzene rings is 2. The highest BCUT2D eigenvalue weighted by atomic mass is 32.1. The summed E-state index contributed by atoms with van der Waals surface area (Å²) in [7, 11) is 0. The summed E-state index contributed by atoms with van der Waals surface area (Å²) in [6.45, 7) is 3.48. The molecule has 122 valence electrons. The Kier molecular flexibility index (Phi) is 4.62. The second-order valence-electron chi connectivity index (χ2n) is 5.51. The van der Waals surface area contributed by atoms with Gasteiger partial charge in [0.05, 0.1) is 0 Å². The quantitative estimate of drug-likeness (QED) is 0.717. The SMILES string of the molecule is Cc1ccc(C(=O)O[C@@H](C)C(=O)Nc2ccc3ccccc3c2)s1. The first-order chi connectivity index (χ1) is 11.5. The standard InChI is InChI=1S/C19H17NO3S/c1-12-7-10-17(24-12)19(22)23-13(2)18(21)20-16-9-8-14-5-3-4-6-15(14)11-16/h3-11,13H,1-2H3,(H,20,21)/t13-/m0/s1. The predicted molar refractivity (Wildman–Crippen MR) is 96.5 cm³/mol. The number of carbonyl (C=O) groups is 2. The maximum Gasteiger partial charge on any atom is 0.349 e. The smallest absolute Gasteiger partial charge is 0.349 e. The van der Waals surface area contributed by atoms with Crippen LogP contribution in [0.3, 0.4) is 0 Å². The van der Waals surface area contributed by atoms with E-state index in [-0.39, 0.29) is 5.91 Å². The fourth-order valence-electron chi connectivity index (χ4n) is 2.33. The van der Waals surface area contributed by atoms with Gasteiger partial charge in [0, 0.05) is 10.6 Å². The number of carbonyl (C=O) groups excluding carboxylic acids is 2. The van der Waals surface area contributed by atoms with Crippen LogP contribution in [0, 0.1) is 6.92 Å². The molecule has 0 bridgehead atoms. The Labute approximate surface area is 144 Å². The van der Waals surface area contributed by atoms with Crippen LogP contribution in [0.15, 0.2) is 54.6 Å². The Morgan fingerprint density at radius 3 is 2.50 bits per heavy atom. The number of rotatable bonds is 4. The van der Waals surface area contributed by atoms with Crippen molar-refractivity contribution >= 4 is 39.7 Å². The molecule has 0 spiro atoms. The molecule has 5 heteroatoms. The molecule has 24 heavy (non-hydrogen) atoms. The monoisotopic (exact) mass is 339 g/mol. The average molecular weight is 339 g/mol. The van der Waals surface area contributed by atoms with E-state index in [1.165, 1.54) is 11.3 Å². The van der Waals surface area contributed by atoms with Gasteiger partial charge in [0.25, 0.3) is 5.91 Å². The van der Waals surface area contributed by atoms with Crippen LogP contribution in [-0.2, 0) is 9.53 Å². The van der Waals surface area contributed by atoms with E-state index in [1.54, 1.807) is 13.0 Å². The van der Waals surface area contributed by atoms with Crippen molar-refractivity contribution in [1.82, 2.24) is 0 Å². The van der Waals surface area contributed by atoms with Gasteiger partial charge in [-0.3, -0.25) is 4.79 Å². The van der Waals surface area contributed by atoms with E-state index in [4.69, 9.17) is 4.74 Å². The summed E-state index contributed by atoms with van der Waals surface area (Å²) in [6.07, 6.45) is -0.869. The van der Waals surface area contributed by atoms with Gasteiger partial charge in [-0.05, 0) is 48.9 Å². The van der Waals surface area contributed by atoms with E-state index in [1.807, 2.05) is 55.5 Å². The third kappa shape index (κ3) is 3.63. The Hall–Kier alpha value is -2.66. The van der Waals surface area contributed by atoms with Crippen LogP contribution in [0.4, 0.5) is 5.69 Å². The lowest BCUT2D eigenvalue weighted by Gasteiger charge is -2.13. The highest BCUT2D eigenvalue weighted by molar-refractivity contribution is 7.13. The highest BCUT2D eigenvalue weighted by Gasteiger charge is 2.20. The van der Waals surface area contributed by atoms with Crippen molar-refractivity contribution in [2.45, 2.75) is 20.0 Å². The number of esters is 1. The summed E-state index contributed by atoms with van der Waals surface area (Å²) in [5, 5.41) is 4.92. The van der Waals surface area contributed by atoms with E-state index < -0.39 is 12.1 Å². The average Bonchev–Trinajstić information content (AvgIpc) is 3.01. The fourth-order valence-corrected chi connectivity index (χ4v) is 3.08. The summed E-state index contributed by atoms with van der Waals surface area (Å²) in [5.74, 6) is -0.832. The highest BCUT2D eigenvalue weighted by Crippen LogP contribution is 2.20. The van der Waals surface area contributed by atoms with Gasteiger partial charge in [-0.2, -0.15) is 0 Å². The first kappa shape index (κ1) is 16.2. The summed E-state index contributed by atoms with van der Waals surface area (Å²) >= 11 is 1.35. The summed E-state index contributed by atoms with van der Waals surface area (Å²) in [6, 6.07) is 17.1. The van der Waals surface area contributed by atoms with Gasteiger partial charge in [-0.15, -0.1) is 11.3 Å². The number of thiophene rings is 1.